The average molecular weight is 279 g/mol. The van der Waals surface area contributed by atoms with E-state index in [4.69, 9.17) is 0 Å². The average Bonchev–Trinajstić information content (AvgIpc) is 2.44. The van der Waals surface area contributed by atoms with Gasteiger partial charge in [-0.05, 0) is 17.5 Å². The van der Waals surface area contributed by atoms with E-state index in [0.717, 1.165) is 11.1 Å². The van der Waals surface area contributed by atoms with Crippen molar-refractivity contribution in [3.63, 3.8) is 0 Å². The van der Waals surface area contributed by atoms with Crippen molar-refractivity contribution in [2.24, 2.45) is 0 Å². The number of hydrogen-bond donors (Lipinski definition) is 1. The first kappa shape index (κ1) is 14.6. The van der Waals surface area contributed by atoms with Crippen molar-refractivity contribution >= 4 is 0 Å². The Kier molecular flexibility index (Phi) is 4.79. The van der Waals surface area contributed by atoms with Gasteiger partial charge in [-0.3, -0.25) is 0 Å². The first-order valence-electron chi connectivity index (χ1n) is 6.43. The van der Waals surface area contributed by atoms with Gasteiger partial charge in [0, 0.05) is 6.04 Å². The topological polar surface area (TPSA) is 12.0 Å². The molecule has 106 valence electrons. The molecule has 0 aliphatic heterocycles. The molecule has 0 spiro atoms. The Bertz CT molecular complexity index is 508. The number of nitrogens with one attached hydrogen (secondary N) is 1. The Balaban J connectivity index is 2.12. The molecular formula is C16H16F3N. The predicted molar refractivity (Wildman–Crippen MR) is 73.4 cm³/mol. The minimum absolute atomic E-state index is 0.347. The van der Waals surface area contributed by atoms with Crippen molar-refractivity contribution in [3.05, 3.63) is 71.8 Å². The first-order chi connectivity index (χ1) is 9.54. The first-order valence-corrected chi connectivity index (χ1v) is 6.43. The fraction of sp³-hybridized carbons (Fsp3) is 0.250. The summed E-state index contributed by atoms with van der Waals surface area (Å²) in [6, 6.07) is 18.4. The van der Waals surface area contributed by atoms with Crippen molar-refractivity contribution < 1.29 is 13.2 Å². The molecule has 0 aliphatic carbocycles. The third kappa shape index (κ3) is 4.70. The van der Waals surface area contributed by atoms with E-state index in [0.29, 0.717) is 6.42 Å². The molecule has 0 saturated carbocycles. The zero-order chi connectivity index (χ0) is 14.4. The highest BCUT2D eigenvalue weighted by molar-refractivity contribution is 5.23. The predicted octanol–water partition coefficient (Wildman–Crippen LogP) is 4.12. The Morgan fingerprint density at radius 2 is 1.40 bits per heavy atom. The lowest BCUT2D eigenvalue weighted by molar-refractivity contribution is -0.126. The van der Waals surface area contributed by atoms with Gasteiger partial charge in [0.05, 0.1) is 6.54 Å². The highest BCUT2D eigenvalue weighted by Crippen LogP contribution is 2.21. The van der Waals surface area contributed by atoms with Crippen LogP contribution in [0.1, 0.15) is 17.2 Å². The lowest BCUT2D eigenvalue weighted by Crippen LogP contribution is -2.33. The standard InChI is InChI=1S/C16H16F3N/c17-16(18,19)12-20-15(14-9-5-2-6-10-14)11-13-7-3-1-4-8-13/h1-10,15,20H,11-12H2. The van der Waals surface area contributed by atoms with Gasteiger partial charge in [0.1, 0.15) is 0 Å². The summed E-state index contributed by atoms with van der Waals surface area (Å²) in [7, 11) is 0. The number of rotatable bonds is 5. The molecule has 0 aromatic heterocycles. The van der Waals surface area contributed by atoms with Crippen molar-refractivity contribution in [1.29, 1.82) is 0 Å². The minimum Gasteiger partial charge on any atom is -0.301 e. The smallest absolute Gasteiger partial charge is 0.301 e. The van der Waals surface area contributed by atoms with Crippen LogP contribution in [-0.2, 0) is 6.42 Å². The SMILES string of the molecule is FC(F)(F)CNC(Cc1ccccc1)c1ccccc1. The molecule has 1 N–H and O–H groups in total. The molecule has 0 aliphatic rings. The van der Waals surface area contributed by atoms with Crippen LogP contribution in [0.2, 0.25) is 0 Å². The number of hydrogen-bond acceptors (Lipinski definition) is 1. The molecule has 2 aromatic rings. The molecule has 4 heteroatoms. The van der Waals surface area contributed by atoms with E-state index in [2.05, 4.69) is 5.32 Å². The van der Waals surface area contributed by atoms with Crippen molar-refractivity contribution in [3.8, 4) is 0 Å². The van der Waals surface area contributed by atoms with E-state index < -0.39 is 12.7 Å². The Morgan fingerprint density at radius 3 is 1.95 bits per heavy atom. The maximum Gasteiger partial charge on any atom is 0.401 e. The van der Waals surface area contributed by atoms with Crippen LogP contribution in [0.3, 0.4) is 0 Å². The summed E-state index contributed by atoms with van der Waals surface area (Å²) in [5, 5.41) is 2.60. The van der Waals surface area contributed by atoms with Gasteiger partial charge in [0.2, 0.25) is 0 Å². The van der Waals surface area contributed by atoms with Gasteiger partial charge in [-0.25, -0.2) is 0 Å². The molecule has 1 nitrogen and oxygen atoms in total. The van der Waals surface area contributed by atoms with Gasteiger partial charge < -0.3 is 5.32 Å². The molecule has 1 unspecified atom stereocenters. The fourth-order valence-electron chi connectivity index (χ4n) is 2.08. The normalized spacial score (nSPS) is 13.2. The van der Waals surface area contributed by atoms with Gasteiger partial charge in [0.25, 0.3) is 0 Å². The van der Waals surface area contributed by atoms with E-state index >= 15 is 0 Å². The molecule has 0 amide bonds. The highest BCUT2D eigenvalue weighted by atomic mass is 19.4. The summed E-state index contributed by atoms with van der Waals surface area (Å²) < 4.78 is 37.2. The maximum absolute atomic E-state index is 12.4. The summed E-state index contributed by atoms with van der Waals surface area (Å²) in [4.78, 5) is 0. The Morgan fingerprint density at radius 1 is 0.850 bits per heavy atom. The highest BCUT2D eigenvalue weighted by Gasteiger charge is 2.28. The van der Waals surface area contributed by atoms with Crippen molar-refractivity contribution in [1.82, 2.24) is 5.32 Å². The van der Waals surface area contributed by atoms with Crippen LogP contribution in [0, 0.1) is 0 Å². The maximum atomic E-state index is 12.4. The van der Waals surface area contributed by atoms with Crippen LogP contribution in [0.25, 0.3) is 0 Å². The third-order valence-corrected chi connectivity index (χ3v) is 3.03. The molecule has 1 atom stereocenters. The summed E-state index contributed by atoms with van der Waals surface area (Å²) in [6.07, 6.45) is -3.68. The quantitative estimate of drug-likeness (QED) is 0.868. The lowest BCUT2D eigenvalue weighted by Gasteiger charge is -2.20. The van der Waals surface area contributed by atoms with E-state index in [9.17, 15) is 13.2 Å². The summed E-state index contributed by atoms with van der Waals surface area (Å²) in [6.45, 7) is -0.987. The fourth-order valence-corrected chi connectivity index (χ4v) is 2.08. The van der Waals surface area contributed by atoms with Crippen molar-refractivity contribution in [2.75, 3.05) is 6.54 Å². The van der Waals surface area contributed by atoms with Gasteiger partial charge in [-0.2, -0.15) is 13.2 Å². The van der Waals surface area contributed by atoms with Crippen LogP contribution in [0.4, 0.5) is 13.2 Å². The Labute approximate surface area is 116 Å². The van der Waals surface area contributed by atoms with Crippen LogP contribution in [-0.4, -0.2) is 12.7 Å². The molecule has 2 aromatic carbocycles. The molecule has 20 heavy (non-hydrogen) atoms. The van der Waals surface area contributed by atoms with E-state index in [1.807, 2.05) is 60.7 Å². The zero-order valence-corrected chi connectivity index (χ0v) is 10.9. The lowest BCUT2D eigenvalue weighted by atomic mass is 9.99. The minimum atomic E-state index is -4.20. The number of alkyl halides is 3. The largest absolute Gasteiger partial charge is 0.401 e. The van der Waals surface area contributed by atoms with Gasteiger partial charge >= 0.3 is 6.18 Å². The molecule has 0 heterocycles. The van der Waals surface area contributed by atoms with E-state index in [-0.39, 0.29) is 6.04 Å². The van der Waals surface area contributed by atoms with Crippen LogP contribution in [0.5, 0.6) is 0 Å². The molecular weight excluding hydrogens is 263 g/mol. The molecule has 0 bridgehead atoms. The van der Waals surface area contributed by atoms with Crippen LogP contribution in [0.15, 0.2) is 60.7 Å². The zero-order valence-electron chi connectivity index (χ0n) is 10.9. The second-order valence-electron chi connectivity index (χ2n) is 4.65. The summed E-state index contributed by atoms with van der Waals surface area (Å²) >= 11 is 0. The van der Waals surface area contributed by atoms with Gasteiger partial charge in [-0.1, -0.05) is 60.7 Å². The molecule has 0 radical (unpaired) electrons. The van der Waals surface area contributed by atoms with Gasteiger partial charge in [-0.15, -0.1) is 0 Å². The number of benzene rings is 2. The van der Waals surface area contributed by atoms with E-state index in [1.165, 1.54) is 0 Å². The Hall–Kier alpha value is -1.81. The summed E-state index contributed by atoms with van der Waals surface area (Å²) in [5.41, 5.74) is 1.87. The molecule has 0 fully saturated rings. The third-order valence-electron chi connectivity index (χ3n) is 3.03. The number of halogens is 3. The molecule has 2 rings (SSSR count). The van der Waals surface area contributed by atoms with Gasteiger partial charge in [0.15, 0.2) is 0 Å². The van der Waals surface area contributed by atoms with E-state index in [1.54, 1.807) is 0 Å². The second-order valence-corrected chi connectivity index (χ2v) is 4.65. The van der Waals surface area contributed by atoms with Crippen LogP contribution >= 0.6 is 0 Å². The van der Waals surface area contributed by atoms with Crippen molar-refractivity contribution in [2.45, 2.75) is 18.6 Å². The van der Waals surface area contributed by atoms with Crippen LogP contribution < -0.4 is 5.32 Å². The molecule has 0 saturated heterocycles. The monoisotopic (exact) mass is 279 g/mol. The second kappa shape index (κ2) is 6.57. The summed E-state index contributed by atoms with van der Waals surface area (Å²) in [5.74, 6) is 0.